The highest BCUT2D eigenvalue weighted by Crippen LogP contribution is 2.49. The number of hydrogen-bond acceptors (Lipinski definition) is 6. The fourth-order valence-corrected chi connectivity index (χ4v) is 4.80. The molecule has 0 bridgehead atoms. The van der Waals surface area contributed by atoms with Gasteiger partial charge in [-0.05, 0) is 35.4 Å². The molecule has 0 saturated heterocycles. The molecular weight excluding hydrogens is 450 g/mol. The van der Waals surface area contributed by atoms with Crippen molar-refractivity contribution < 1.29 is 14.7 Å². The third-order valence-electron chi connectivity index (χ3n) is 6.73. The van der Waals surface area contributed by atoms with E-state index in [1.54, 1.807) is 24.3 Å². The van der Waals surface area contributed by atoms with E-state index in [2.05, 4.69) is 0 Å². The Kier molecular flexibility index (Phi) is 5.52. The van der Waals surface area contributed by atoms with Crippen molar-refractivity contribution in [2.75, 3.05) is 43.7 Å². The molecule has 1 aliphatic rings. The highest BCUT2D eigenvalue weighted by molar-refractivity contribution is 6.33. The van der Waals surface area contributed by atoms with Gasteiger partial charge in [-0.3, -0.25) is 9.59 Å². The summed E-state index contributed by atoms with van der Waals surface area (Å²) in [6, 6.07) is 21.9. The third-order valence-corrected chi connectivity index (χ3v) is 6.73. The summed E-state index contributed by atoms with van der Waals surface area (Å²) in [6.07, 6.45) is 0. The van der Waals surface area contributed by atoms with E-state index in [9.17, 15) is 14.7 Å². The molecule has 0 amide bonds. The fraction of sp³-hybridized carbons (Fsp3) is 0.133. The molecule has 4 aromatic carbocycles. The van der Waals surface area contributed by atoms with Gasteiger partial charge in [0.15, 0.2) is 11.6 Å². The topological polar surface area (TPSA) is 86.9 Å². The highest BCUT2D eigenvalue weighted by Gasteiger charge is 2.37. The zero-order valence-electron chi connectivity index (χ0n) is 20.7. The first kappa shape index (κ1) is 23.2. The smallest absolute Gasteiger partial charge is 0.198 e. The van der Waals surface area contributed by atoms with Crippen LogP contribution in [0.3, 0.4) is 0 Å². The molecule has 6 nitrogen and oxygen atoms in total. The number of phenols is 1. The minimum Gasteiger partial charge on any atom is -0.506 e. The van der Waals surface area contributed by atoms with E-state index in [4.69, 9.17) is 5.73 Å². The summed E-state index contributed by atoms with van der Waals surface area (Å²) in [6.45, 7) is 0. The van der Waals surface area contributed by atoms with E-state index >= 15 is 0 Å². The molecule has 0 aliphatic heterocycles. The SMILES string of the molecule is CN(C)c1ccc(-c2c(N)c(-c3ccc(N(C)C)cc3)c3c(c2O)C(=O)c2ccccc2C3=O)cc1. The zero-order valence-corrected chi connectivity index (χ0v) is 20.7. The van der Waals surface area contributed by atoms with Crippen LogP contribution in [0.15, 0.2) is 72.8 Å². The van der Waals surface area contributed by atoms with Crippen LogP contribution in [0.2, 0.25) is 0 Å². The molecule has 0 spiro atoms. The summed E-state index contributed by atoms with van der Waals surface area (Å²) in [7, 11) is 7.77. The van der Waals surface area contributed by atoms with Crippen molar-refractivity contribution in [2.45, 2.75) is 0 Å². The highest BCUT2D eigenvalue weighted by atomic mass is 16.3. The van der Waals surface area contributed by atoms with Gasteiger partial charge >= 0.3 is 0 Å². The summed E-state index contributed by atoms with van der Waals surface area (Å²) < 4.78 is 0. The Labute approximate surface area is 210 Å². The number of phenolic OH excluding ortho intramolecular Hbond substituents is 1. The number of rotatable bonds is 4. The molecule has 0 radical (unpaired) electrons. The molecule has 1 aliphatic carbocycles. The third kappa shape index (κ3) is 3.50. The minimum absolute atomic E-state index is 0.00808. The van der Waals surface area contributed by atoms with Gasteiger partial charge < -0.3 is 20.6 Å². The predicted molar refractivity (Wildman–Crippen MR) is 145 cm³/mol. The normalized spacial score (nSPS) is 12.2. The number of carbonyl (C=O) groups is 2. The van der Waals surface area contributed by atoms with Crippen molar-refractivity contribution >= 4 is 28.6 Å². The number of fused-ring (bicyclic) bond motifs is 2. The maximum Gasteiger partial charge on any atom is 0.198 e. The van der Waals surface area contributed by atoms with E-state index in [0.29, 0.717) is 27.8 Å². The van der Waals surface area contributed by atoms with Crippen molar-refractivity contribution in [1.29, 1.82) is 0 Å². The van der Waals surface area contributed by atoms with Crippen LogP contribution in [0.1, 0.15) is 31.8 Å². The van der Waals surface area contributed by atoms with Gasteiger partial charge in [0, 0.05) is 67.4 Å². The number of nitrogens with zero attached hydrogens (tertiary/aromatic N) is 2. The maximum absolute atomic E-state index is 13.8. The quantitative estimate of drug-likeness (QED) is 0.345. The molecule has 0 aromatic heterocycles. The lowest BCUT2D eigenvalue weighted by Gasteiger charge is -2.26. The second-order valence-electron chi connectivity index (χ2n) is 9.35. The van der Waals surface area contributed by atoms with Crippen LogP contribution in [-0.2, 0) is 0 Å². The number of ketones is 2. The number of aromatic hydroxyl groups is 1. The number of anilines is 3. The molecule has 0 saturated carbocycles. The molecule has 0 atom stereocenters. The lowest BCUT2D eigenvalue weighted by molar-refractivity contribution is 0.0977. The molecule has 0 fully saturated rings. The van der Waals surface area contributed by atoms with Crippen LogP contribution < -0.4 is 15.5 Å². The number of hydrogen-bond donors (Lipinski definition) is 2. The number of carbonyl (C=O) groups excluding carboxylic acids is 2. The average Bonchev–Trinajstić information content (AvgIpc) is 2.87. The van der Waals surface area contributed by atoms with Crippen molar-refractivity contribution in [3.8, 4) is 28.0 Å². The summed E-state index contributed by atoms with van der Waals surface area (Å²) in [4.78, 5) is 31.4. The molecule has 180 valence electrons. The molecular formula is C30H27N3O3. The monoisotopic (exact) mass is 477 g/mol. The Hall–Kier alpha value is -4.58. The summed E-state index contributed by atoms with van der Waals surface area (Å²) in [5, 5.41) is 11.5. The van der Waals surface area contributed by atoms with Crippen molar-refractivity contribution in [3.05, 3.63) is 95.1 Å². The van der Waals surface area contributed by atoms with Gasteiger partial charge in [0.05, 0.1) is 11.3 Å². The molecule has 4 aromatic rings. The standard InChI is InChI=1S/C30H27N3O3/c1-32(2)19-13-9-17(10-14-19)23-25-26(29(35)22-8-6-5-7-21(22)28(25)34)30(36)24(27(23)31)18-11-15-20(16-12-18)33(3)4/h5-16,36H,31H2,1-4H3. The van der Waals surface area contributed by atoms with E-state index in [1.807, 2.05) is 86.5 Å². The Morgan fingerprint density at radius 3 is 1.44 bits per heavy atom. The van der Waals surface area contributed by atoms with Crippen LogP contribution in [0.4, 0.5) is 17.1 Å². The Bertz CT molecular complexity index is 1520. The molecule has 3 N–H and O–H groups in total. The van der Waals surface area contributed by atoms with Crippen LogP contribution in [0.5, 0.6) is 5.75 Å². The van der Waals surface area contributed by atoms with E-state index in [1.165, 1.54) is 0 Å². The van der Waals surface area contributed by atoms with Crippen LogP contribution in [0.25, 0.3) is 22.3 Å². The van der Waals surface area contributed by atoms with Gasteiger partial charge in [0.25, 0.3) is 0 Å². The first-order valence-electron chi connectivity index (χ1n) is 11.6. The van der Waals surface area contributed by atoms with Crippen molar-refractivity contribution in [2.24, 2.45) is 0 Å². The molecule has 0 heterocycles. The van der Waals surface area contributed by atoms with Gasteiger partial charge in [-0.25, -0.2) is 0 Å². The van der Waals surface area contributed by atoms with Crippen molar-refractivity contribution in [3.63, 3.8) is 0 Å². The van der Waals surface area contributed by atoms with Gasteiger partial charge in [0.1, 0.15) is 5.75 Å². The van der Waals surface area contributed by atoms with Crippen LogP contribution in [-0.4, -0.2) is 44.9 Å². The predicted octanol–water partition coefficient (Wildman–Crippen LogP) is 5.22. The summed E-state index contributed by atoms with van der Waals surface area (Å²) in [5.74, 6) is -1.000. The van der Waals surface area contributed by atoms with Gasteiger partial charge in [0.2, 0.25) is 0 Å². The lowest BCUT2D eigenvalue weighted by atomic mass is 9.77. The number of nitrogens with two attached hydrogens (primary N) is 1. The average molecular weight is 478 g/mol. The summed E-state index contributed by atoms with van der Waals surface area (Å²) in [5.41, 5.74) is 11.8. The largest absolute Gasteiger partial charge is 0.506 e. The Morgan fingerprint density at radius 1 is 0.583 bits per heavy atom. The molecule has 0 unspecified atom stereocenters. The Morgan fingerprint density at radius 2 is 1.00 bits per heavy atom. The Balaban J connectivity index is 1.84. The first-order valence-corrected chi connectivity index (χ1v) is 11.6. The lowest BCUT2D eigenvalue weighted by Crippen LogP contribution is -2.23. The van der Waals surface area contributed by atoms with Gasteiger partial charge in [-0.2, -0.15) is 0 Å². The maximum atomic E-state index is 13.8. The summed E-state index contributed by atoms with van der Waals surface area (Å²) >= 11 is 0. The second kappa shape index (κ2) is 8.57. The van der Waals surface area contributed by atoms with Gasteiger partial charge in [-0.1, -0.05) is 48.5 Å². The molecule has 6 heteroatoms. The fourth-order valence-electron chi connectivity index (χ4n) is 4.80. The van der Waals surface area contributed by atoms with Crippen LogP contribution >= 0.6 is 0 Å². The van der Waals surface area contributed by atoms with Gasteiger partial charge in [-0.15, -0.1) is 0 Å². The van der Waals surface area contributed by atoms with Crippen molar-refractivity contribution in [1.82, 2.24) is 0 Å². The van der Waals surface area contributed by atoms with E-state index in [-0.39, 0.29) is 33.9 Å². The van der Waals surface area contributed by atoms with Crippen LogP contribution in [0, 0.1) is 0 Å². The second-order valence-corrected chi connectivity index (χ2v) is 9.35. The number of benzene rings is 4. The molecule has 36 heavy (non-hydrogen) atoms. The minimum atomic E-state index is -0.393. The zero-order chi connectivity index (χ0) is 25.7. The van der Waals surface area contributed by atoms with E-state index in [0.717, 1.165) is 11.4 Å². The molecule has 5 rings (SSSR count). The number of nitrogen functional groups attached to an aromatic ring is 1. The van der Waals surface area contributed by atoms with E-state index < -0.39 is 5.78 Å². The first-order chi connectivity index (χ1) is 17.2.